The standard InChI is InChI=1S/C12H22BrNOS/c1-11-8-14(4-7-16-11)10-12(9-13)2-5-15-6-3-12/h11H,2-10H2,1H3. The largest absolute Gasteiger partial charge is 0.381 e. The molecule has 0 bridgehead atoms. The van der Waals surface area contributed by atoms with Gasteiger partial charge in [-0.3, -0.25) is 0 Å². The molecule has 0 aromatic heterocycles. The zero-order valence-electron chi connectivity index (χ0n) is 10.1. The smallest absolute Gasteiger partial charge is 0.0472 e. The molecule has 2 fully saturated rings. The van der Waals surface area contributed by atoms with Gasteiger partial charge in [-0.25, -0.2) is 0 Å². The molecule has 94 valence electrons. The van der Waals surface area contributed by atoms with Gasteiger partial charge in [0.25, 0.3) is 0 Å². The molecule has 0 aromatic rings. The summed E-state index contributed by atoms with van der Waals surface area (Å²) in [5.74, 6) is 1.30. The Balaban J connectivity index is 1.89. The van der Waals surface area contributed by atoms with Crippen LogP contribution in [0.3, 0.4) is 0 Å². The Morgan fingerprint density at radius 2 is 2.19 bits per heavy atom. The Bertz CT molecular complexity index is 221. The van der Waals surface area contributed by atoms with Crippen LogP contribution >= 0.6 is 27.7 Å². The van der Waals surface area contributed by atoms with E-state index in [0.717, 1.165) is 23.8 Å². The fraction of sp³-hybridized carbons (Fsp3) is 1.00. The average Bonchev–Trinajstić information content (AvgIpc) is 2.30. The molecule has 2 saturated heterocycles. The molecule has 1 atom stereocenters. The monoisotopic (exact) mass is 307 g/mol. The summed E-state index contributed by atoms with van der Waals surface area (Å²) in [6.07, 6.45) is 2.44. The second-order valence-corrected chi connectivity index (χ2v) is 7.27. The highest BCUT2D eigenvalue weighted by atomic mass is 79.9. The summed E-state index contributed by atoms with van der Waals surface area (Å²) in [7, 11) is 0. The number of hydrogen-bond acceptors (Lipinski definition) is 3. The van der Waals surface area contributed by atoms with Crippen molar-refractivity contribution < 1.29 is 4.74 Å². The van der Waals surface area contributed by atoms with Crippen molar-refractivity contribution in [2.45, 2.75) is 25.0 Å². The third-order valence-electron chi connectivity index (χ3n) is 3.72. The summed E-state index contributed by atoms with van der Waals surface area (Å²) in [5, 5.41) is 1.93. The molecular weight excluding hydrogens is 286 g/mol. The first-order chi connectivity index (χ1) is 7.74. The minimum absolute atomic E-state index is 0.472. The molecule has 2 aliphatic rings. The molecule has 16 heavy (non-hydrogen) atoms. The lowest BCUT2D eigenvalue weighted by atomic mass is 9.82. The van der Waals surface area contributed by atoms with Crippen molar-refractivity contribution in [1.82, 2.24) is 4.90 Å². The lowest BCUT2D eigenvalue weighted by Gasteiger charge is -2.42. The normalized spacial score (nSPS) is 31.5. The van der Waals surface area contributed by atoms with Crippen LogP contribution in [-0.2, 0) is 4.74 Å². The van der Waals surface area contributed by atoms with E-state index in [9.17, 15) is 0 Å². The highest BCUT2D eigenvalue weighted by Crippen LogP contribution is 2.34. The number of ether oxygens (including phenoxy) is 1. The van der Waals surface area contributed by atoms with Crippen LogP contribution in [0.1, 0.15) is 19.8 Å². The molecule has 0 spiro atoms. The van der Waals surface area contributed by atoms with Gasteiger partial charge in [-0.05, 0) is 18.3 Å². The van der Waals surface area contributed by atoms with Crippen molar-refractivity contribution in [2.24, 2.45) is 5.41 Å². The summed E-state index contributed by atoms with van der Waals surface area (Å²) in [4.78, 5) is 2.66. The Hall–Kier alpha value is 0.750. The topological polar surface area (TPSA) is 12.5 Å². The van der Waals surface area contributed by atoms with Crippen LogP contribution in [-0.4, -0.2) is 54.1 Å². The van der Waals surface area contributed by atoms with Gasteiger partial charge in [-0.15, -0.1) is 0 Å². The highest BCUT2D eigenvalue weighted by Gasteiger charge is 2.34. The van der Waals surface area contributed by atoms with Crippen LogP contribution in [0.2, 0.25) is 0 Å². The third-order valence-corrected chi connectivity index (χ3v) is 6.05. The third kappa shape index (κ3) is 3.37. The maximum Gasteiger partial charge on any atom is 0.0472 e. The number of hydrogen-bond donors (Lipinski definition) is 0. The fourth-order valence-electron chi connectivity index (χ4n) is 2.65. The lowest BCUT2D eigenvalue weighted by Crippen LogP contribution is -2.47. The number of rotatable bonds is 3. The minimum Gasteiger partial charge on any atom is -0.381 e. The Morgan fingerprint density at radius 3 is 2.81 bits per heavy atom. The first kappa shape index (κ1) is 13.2. The van der Waals surface area contributed by atoms with Crippen LogP contribution in [0.25, 0.3) is 0 Å². The summed E-state index contributed by atoms with van der Waals surface area (Å²) >= 11 is 5.83. The number of thioether (sulfide) groups is 1. The maximum atomic E-state index is 5.49. The van der Waals surface area contributed by atoms with Gasteiger partial charge < -0.3 is 9.64 Å². The van der Waals surface area contributed by atoms with Gasteiger partial charge in [0, 0.05) is 49.2 Å². The molecule has 0 aliphatic carbocycles. The molecule has 0 radical (unpaired) electrons. The van der Waals surface area contributed by atoms with Crippen LogP contribution in [0.15, 0.2) is 0 Å². The fourth-order valence-corrected chi connectivity index (χ4v) is 4.47. The van der Waals surface area contributed by atoms with Gasteiger partial charge in [0.05, 0.1) is 0 Å². The van der Waals surface area contributed by atoms with E-state index in [4.69, 9.17) is 4.74 Å². The van der Waals surface area contributed by atoms with Crippen LogP contribution in [0.4, 0.5) is 0 Å². The second-order valence-electron chi connectivity index (χ2n) is 5.16. The maximum absolute atomic E-state index is 5.49. The van der Waals surface area contributed by atoms with E-state index in [1.165, 1.54) is 38.2 Å². The first-order valence-corrected chi connectivity index (χ1v) is 8.39. The molecule has 0 amide bonds. The summed E-state index contributed by atoms with van der Waals surface area (Å²) < 4.78 is 5.49. The summed E-state index contributed by atoms with van der Waals surface area (Å²) in [6.45, 7) is 8.03. The van der Waals surface area contributed by atoms with E-state index in [0.29, 0.717) is 5.41 Å². The molecule has 2 heterocycles. The first-order valence-electron chi connectivity index (χ1n) is 6.22. The van der Waals surface area contributed by atoms with Gasteiger partial charge in [-0.2, -0.15) is 11.8 Å². The summed E-state index contributed by atoms with van der Waals surface area (Å²) in [6, 6.07) is 0. The Kier molecular flexibility index (Phi) is 5.01. The van der Waals surface area contributed by atoms with E-state index in [1.807, 2.05) is 0 Å². The lowest BCUT2D eigenvalue weighted by molar-refractivity contribution is 0.00884. The van der Waals surface area contributed by atoms with Gasteiger partial charge in [0.15, 0.2) is 0 Å². The minimum atomic E-state index is 0.472. The zero-order valence-corrected chi connectivity index (χ0v) is 12.5. The SMILES string of the molecule is CC1CN(CC2(CBr)CCOCC2)CCS1. The molecule has 0 saturated carbocycles. The van der Waals surface area contributed by atoms with Crippen molar-refractivity contribution >= 4 is 27.7 Å². The van der Waals surface area contributed by atoms with Crippen molar-refractivity contribution in [3.05, 3.63) is 0 Å². The average molecular weight is 308 g/mol. The molecule has 0 N–H and O–H groups in total. The predicted octanol–water partition coefficient (Wildman–Crippen LogP) is 2.62. The van der Waals surface area contributed by atoms with Crippen molar-refractivity contribution in [1.29, 1.82) is 0 Å². The van der Waals surface area contributed by atoms with E-state index < -0.39 is 0 Å². The Morgan fingerprint density at radius 1 is 1.44 bits per heavy atom. The van der Waals surface area contributed by atoms with E-state index >= 15 is 0 Å². The van der Waals surface area contributed by atoms with E-state index in [1.54, 1.807) is 0 Å². The molecule has 2 rings (SSSR count). The number of halogens is 1. The molecule has 2 nitrogen and oxygen atoms in total. The molecule has 0 aromatic carbocycles. The summed E-state index contributed by atoms with van der Waals surface area (Å²) in [5.41, 5.74) is 0.472. The molecule has 1 unspecified atom stereocenters. The number of nitrogens with zero attached hydrogens (tertiary/aromatic N) is 1. The van der Waals surface area contributed by atoms with E-state index in [2.05, 4.69) is 39.5 Å². The van der Waals surface area contributed by atoms with E-state index in [-0.39, 0.29) is 0 Å². The highest BCUT2D eigenvalue weighted by molar-refractivity contribution is 9.09. The van der Waals surface area contributed by atoms with Gasteiger partial charge in [0.2, 0.25) is 0 Å². The second kappa shape index (κ2) is 6.07. The van der Waals surface area contributed by atoms with Crippen LogP contribution in [0.5, 0.6) is 0 Å². The zero-order chi connectivity index (χ0) is 11.4. The van der Waals surface area contributed by atoms with Crippen molar-refractivity contribution in [2.75, 3.05) is 43.9 Å². The van der Waals surface area contributed by atoms with Crippen molar-refractivity contribution in [3.8, 4) is 0 Å². The number of alkyl halides is 1. The van der Waals surface area contributed by atoms with Crippen LogP contribution in [0, 0.1) is 5.41 Å². The molecular formula is C12H22BrNOS. The van der Waals surface area contributed by atoms with Crippen molar-refractivity contribution in [3.63, 3.8) is 0 Å². The van der Waals surface area contributed by atoms with Gasteiger partial charge in [-0.1, -0.05) is 22.9 Å². The van der Waals surface area contributed by atoms with Crippen LogP contribution < -0.4 is 0 Å². The van der Waals surface area contributed by atoms with Gasteiger partial charge >= 0.3 is 0 Å². The molecule has 4 heteroatoms. The Labute approximate surface area is 112 Å². The quantitative estimate of drug-likeness (QED) is 0.744. The van der Waals surface area contributed by atoms with Gasteiger partial charge in [0.1, 0.15) is 0 Å². The predicted molar refractivity (Wildman–Crippen MR) is 74.6 cm³/mol. The molecule has 2 aliphatic heterocycles.